The molecule has 9 heteroatoms. The summed E-state index contributed by atoms with van der Waals surface area (Å²) in [7, 11) is 1.96. The molecule has 0 atom stereocenters. The van der Waals surface area contributed by atoms with Crippen molar-refractivity contribution in [3.05, 3.63) is 11.6 Å². The number of morpholine rings is 1. The van der Waals surface area contributed by atoms with Crippen LogP contribution >= 0.6 is 0 Å². The molecular formula is C20H39N7O2. The predicted octanol–water partition coefficient (Wildman–Crippen LogP) is 0.944. The van der Waals surface area contributed by atoms with Gasteiger partial charge in [-0.15, -0.1) is 10.2 Å². The van der Waals surface area contributed by atoms with E-state index in [0.29, 0.717) is 19.1 Å². The van der Waals surface area contributed by atoms with E-state index in [-0.39, 0.29) is 0 Å². The molecule has 166 valence electrons. The topological polar surface area (TPSA) is 88.8 Å². The maximum absolute atomic E-state index is 5.69. The van der Waals surface area contributed by atoms with Crippen molar-refractivity contribution < 1.29 is 9.47 Å². The van der Waals surface area contributed by atoms with Gasteiger partial charge in [-0.3, -0.25) is 4.90 Å². The van der Waals surface area contributed by atoms with E-state index in [9.17, 15) is 0 Å². The van der Waals surface area contributed by atoms with Crippen LogP contribution in [-0.4, -0.2) is 84.8 Å². The van der Waals surface area contributed by atoms with Crippen molar-refractivity contribution >= 4 is 5.96 Å². The minimum absolute atomic E-state index is 0.490. The summed E-state index contributed by atoms with van der Waals surface area (Å²) in [4.78, 5) is 7.13. The molecule has 1 aromatic rings. The molecule has 0 spiro atoms. The molecule has 0 unspecified atom stereocenters. The van der Waals surface area contributed by atoms with Gasteiger partial charge in [0.2, 0.25) is 0 Å². The van der Waals surface area contributed by atoms with Gasteiger partial charge in [0, 0.05) is 39.8 Å². The van der Waals surface area contributed by atoms with E-state index < -0.39 is 0 Å². The number of ether oxygens (including phenoxy) is 2. The fourth-order valence-electron chi connectivity index (χ4n) is 2.91. The second-order valence-electron chi connectivity index (χ2n) is 7.84. The van der Waals surface area contributed by atoms with Crippen molar-refractivity contribution in [1.29, 1.82) is 0 Å². The van der Waals surface area contributed by atoms with Gasteiger partial charge < -0.3 is 24.7 Å². The Balaban J connectivity index is 1.74. The van der Waals surface area contributed by atoms with Crippen molar-refractivity contribution in [3.63, 3.8) is 0 Å². The minimum atomic E-state index is 0.490. The summed E-state index contributed by atoms with van der Waals surface area (Å²) in [6, 6.07) is 0. The van der Waals surface area contributed by atoms with Crippen LogP contribution in [0.3, 0.4) is 0 Å². The van der Waals surface area contributed by atoms with Gasteiger partial charge >= 0.3 is 0 Å². The lowest BCUT2D eigenvalue weighted by Crippen LogP contribution is -2.41. The lowest BCUT2D eigenvalue weighted by atomic mass is 10.1. The summed E-state index contributed by atoms with van der Waals surface area (Å²) < 4.78 is 13.1. The van der Waals surface area contributed by atoms with Crippen LogP contribution in [-0.2, 0) is 23.1 Å². The van der Waals surface area contributed by atoms with Crippen LogP contribution in [0.4, 0.5) is 0 Å². The van der Waals surface area contributed by atoms with E-state index in [0.717, 1.165) is 83.0 Å². The second-order valence-corrected chi connectivity index (χ2v) is 7.84. The quantitative estimate of drug-likeness (QED) is 0.302. The van der Waals surface area contributed by atoms with E-state index >= 15 is 0 Å². The molecule has 1 fully saturated rings. The lowest BCUT2D eigenvalue weighted by Gasteiger charge is -2.26. The summed E-state index contributed by atoms with van der Waals surface area (Å²) in [6.07, 6.45) is 2.15. The third-order valence-corrected chi connectivity index (χ3v) is 4.99. The predicted molar refractivity (Wildman–Crippen MR) is 115 cm³/mol. The standard InChI is InChI=1S/C20H39N7O2/c1-17(2)6-12-28-13-8-22-20(23-16-19-25-24-18(3)26(19)4)21-7-5-9-27-10-14-29-15-11-27/h17H,5-16H2,1-4H3,(H2,21,22,23). The molecule has 1 aromatic heterocycles. The molecular weight excluding hydrogens is 370 g/mol. The molecule has 2 rings (SSSR count). The summed E-state index contributed by atoms with van der Waals surface area (Å²) in [5.74, 6) is 3.20. The number of aliphatic imine (C=N–C) groups is 1. The fraction of sp³-hybridized carbons (Fsp3) is 0.850. The van der Waals surface area contributed by atoms with Gasteiger partial charge in [0.1, 0.15) is 12.4 Å². The summed E-state index contributed by atoms with van der Waals surface area (Å²) >= 11 is 0. The number of hydrogen-bond donors (Lipinski definition) is 2. The number of nitrogens with one attached hydrogen (secondary N) is 2. The number of guanidine groups is 1. The number of aryl methyl sites for hydroxylation is 1. The highest BCUT2D eigenvalue weighted by molar-refractivity contribution is 5.79. The fourth-order valence-corrected chi connectivity index (χ4v) is 2.91. The zero-order valence-electron chi connectivity index (χ0n) is 18.6. The van der Waals surface area contributed by atoms with Crippen molar-refractivity contribution in [2.75, 3.05) is 59.2 Å². The first kappa shape index (κ1) is 23.6. The number of aromatic nitrogens is 3. The summed E-state index contributed by atoms with van der Waals surface area (Å²) in [6.45, 7) is 14.7. The van der Waals surface area contributed by atoms with Gasteiger partial charge in [-0.05, 0) is 32.2 Å². The molecule has 0 aliphatic carbocycles. The smallest absolute Gasteiger partial charge is 0.191 e. The average molecular weight is 410 g/mol. The molecule has 0 radical (unpaired) electrons. The van der Waals surface area contributed by atoms with E-state index in [1.54, 1.807) is 0 Å². The third kappa shape index (κ3) is 9.56. The first-order valence-corrected chi connectivity index (χ1v) is 10.8. The van der Waals surface area contributed by atoms with Gasteiger partial charge in [0.05, 0.1) is 19.8 Å². The maximum Gasteiger partial charge on any atom is 0.191 e. The van der Waals surface area contributed by atoms with Crippen molar-refractivity contribution in [2.45, 2.75) is 40.2 Å². The Labute approximate surface area is 175 Å². The molecule has 2 heterocycles. The van der Waals surface area contributed by atoms with Gasteiger partial charge in [-0.25, -0.2) is 4.99 Å². The molecule has 0 saturated carbocycles. The van der Waals surface area contributed by atoms with E-state index in [4.69, 9.17) is 9.47 Å². The van der Waals surface area contributed by atoms with Crippen LogP contribution in [0.15, 0.2) is 4.99 Å². The zero-order valence-corrected chi connectivity index (χ0v) is 18.6. The highest BCUT2D eigenvalue weighted by Gasteiger charge is 2.10. The maximum atomic E-state index is 5.69. The highest BCUT2D eigenvalue weighted by atomic mass is 16.5. The number of nitrogens with zero attached hydrogens (tertiary/aromatic N) is 5. The Morgan fingerprint density at radius 1 is 1.17 bits per heavy atom. The summed E-state index contributed by atoms with van der Waals surface area (Å²) in [5, 5.41) is 15.1. The highest BCUT2D eigenvalue weighted by Crippen LogP contribution is 2.00. The largest absolute Gasteiger partial charge is 0.380 e. The van der Waals surface area contributed by atoms with Gasteiger partial charge in [-0.2, -0.15) is 0 Å². The van der Waals surface area contributed by atoms with E-state index in [2.05, 4.69) is 44.6 Å². The lowest BCUT2D eigenvalue weighted by molar-refractivity contribution is 0.0376. The molecule has 29 heavy (non-hydrogen) atoms. The SMILES string of the molecule is Cc1nnc(CN=C(NCCCN2CCOCC2)NCCOCCC(C)C)n1C. The van der Waals surface area contributed by atoms with Gasteiger partial charge in [0.15, 0.2) is 11.8 Å². The molecule has 0 bridgehead atoms. The van der Waals surface area contributed by atoms with E-state index in [1.165, 1.54) is 0 Å². The van der Waals surface area contributed by atoms with E-state index in [1.807, 2.05) is 18.5 Å². The molecule has 1 aliphatic heterocycles. The number of rotatable bonds is 12. The van der Waals surface area contributed by atoms with Crippen LogP contribution in [0.2, 0.25) is 0 Å². The molecule has 1 saturated heterocycles. The first-order chi connectivity index (χ1) is 14.1. The van der Waals surface area contributed by atoms with Gasteiger partial charge in [-0.1, -0.05) is 13.8 Å². The first-order valence-electron chi connectivity index (χ1n) is 10.8. The van der Waals surface area contributed by atoms with Crippen molar-refractivity contribution in [3.8, 4) is 0 Å². The normalized spacial score (nSPS) is 15.8. The number of hydrogen-bond acceptors (Lipinski definition) is 6. The molecule has 0 aromatic carbocycles. The zero-order chi connectivity index (χ0) is 20.9. The molecule has 1 aliphatic rings. The molecule has 0 amide bonds. The Morgan fingerprint density at radius 3 is 2.62 bits per heavy atom. The van der Waals surface area contributed by atoms with Crippen molar-refractivity contribution in [2.24, 2.45) is 18.0 Å². The Kier molecular flexibility index (Phi) is 11.0. The van der Waals surface area contributed by atoms with Crippen LogP contribution < -0.4 is 10.6 Å². The molecule has 2 N–H and O–H groups in total. The summed E-state index contributed by atoms with van der Waals surface area (Å²) in [5.41, 5.74) is 0. The van der Waals surface area contributed by atoms with Crippen LogP contribution in [0, 0.1) is 12.8 Å². The molecule has 9 nitrogen and oxygen atoms in total. The average Bonchev–Trinajstić information content (AvgIpc) is 3.03. The van der Waals surface area contributed by atoms with Gasteiger partial charge in [0.25, 0.3) is 0 Å². The van der Waals surface area contributed by atoms with Crippen LogP contribution in [0.1, 0.15) is 38.3 Å². The second kappa shape index (κ2) is 13.5. The van der Waals surface area contributed by atoms with Crippen LogP contribution in [0.5, 0.6) is 0 Å². The van der Waals surface area contributed by atoms with Crippen LogP contribution in [0.25, 0.3) is 0 Å². The third-order valence-electron chi connectivity index (χ3n) is 4.99. The monoisotopic (exact) mass is 409 g/mol. The Bertz CT molecular complexity index is 598. The van der Waals surface area contributed by atoms with Crippen molar-refractivity contribution in [1.82, 2.24) is 30.3 Å². The Hall–Kier alpha value is -1.71. The minimum Gasteiger partial charge on any atom is -0.380 e. The Morgan fingerprint density at radius 2 is 1.93 bits per heavy atom.